The largest absolute Gasteiger partial charge is 0.455 e. The molecule has 0 aliphatic rings. The van der Waals surface area contributed by atoms with E-state index >= 15 is 0 Å². The average Bonchev–Trinajstić information content (AvgIpc) is 3.72. The van der Waals surface area contributed by atoms with Crippen LogP contribution in [0.2, 0.25) is 0 Å². The van der Waals surface area contributed by atoms with Crippen LogP contribution in [0.15, 0.2) is 156 Å². The zero-order chi connectivity index (χ0) is 31.6. The number of para-hydroxylation sites is 1. The van der Waals surface area contributed by atoms with Gasteiger partial charge in [-0.15, -0.1) is 11.3 Å². The predicted octanol–water partition coefficient (Wildman–Crippen LogP) is 12.0. The first-order valence-corrected chi connectivity index (χ1v) is 16.8. The molecule has 0 fully saturated rings. The van der Waals surface area contributed by atoms with Crippen molar-refractivity contribution in [2.75, 3.05) is 0 Å². The maximum Gasteiger partial charge on any atom is 0.164 e. The van der Waals surface area contributed by atoms with E-state index in [1.807, 2.05) is 84.1 Å². The molecule has 0 saturated heterocycles. The molecule has 0 spiro atoms. The molecule has 7 aromatic carbocycles. The molecule has 4 nitrogen and oxygen atoms in total. The second-order valence-electron chi connectivity index (χ2n) is 12.0. The Hall–Kier alpha value is -6.17. The third kappa shape index (κ3) is 4.33. The van der Waals surface area contributed by atoms with Crippen molar-refractivity contribution in [2.45, 2.75) is 0 Å². The van der Waals surface area contributed by atoms with Crippen LogP contribution in [-0.4, -0.2) is 15.0 Å². The van der Waals surface area contributed by atoms with E-state index in [9.17, 15) is 0 Å². The molecule has 3 aromatic heterocycles. The van der Waals surface area contributed by atoms with Crippen LogP contribution >= 0.6 is 11.3 Å². The van der Waals surface area contributed by atoms with Crippen LogP contribution in [0.1, 0.15) is 0 Å². The second-order valence-corrected chi connectivity index (χ2v) is 13.1. The Morgan fingerprint density at radius 2 is 1.02 bits per heavy atom. The van der Waals surface area contributed by atoms with Gasteiger partial charge in [0.2, 0.25) is 0 Å². The molecule has 5 heteroatoms. The number of furan rings is 1. The van der Waals surface area contributed by atoms with Crippen molar-refractivity contribution in [3.63, 3.8) is 0 Å². The van der Waals surface area contributed by atoms with Gasteiger partial charge in [-0.3, -0.25) is 0 Å². The minimum Gasteiger partial charge on any atom is -0.455 e. The van der Waals surface area contributed by atoms with E-state index in [0.29, 0.717) is 17.5 Å². The summed E-state index contributed by atoms with van der Waals surface area (Å²) in [5, 5.41) is 7.12. The molecule has 0 N–H and O–H groups in total. The molecule has 0 aliphatic heterocycles. The SMILES string of the molecule is c1ccc(-c2nc(-c3ccccc3)nc(-c3ccc(-c4ccc5c(c4)sc4cc6ccccc6cc45)c4oc5ccccc5c34)n2)cc1. The van der Waals surface area contributed by atoms with E-state index in [0.717, 1.165) is 49.8 Å². The third-order valence-corrected chi connectivity index (χ3v) is 10.2. The van der Waals surface area contributed by atoms with Gasteiger partial charge in [0.05, 0.1) is 0 Å². The van der Waals surface area contributed by atoms with E-state index in [1.165, 1.54) is 30.9 Å². The van der Waals surface area contributed by atoms with E-state index in [1.54, 1.807) is 0 Å². The van der Waals surface area contributed by atoms with Gasteiger partial charge in [0.1, 0.15) is 11.2 Å². The lowest BCUT2D eigenvalue weighted by molar-refractivity contribution is 0.670. The standard InChI is InChI=1S/C43H25N3OS/c1-3-11-26(12-4-1)41-44-42(27-13-5-2-6-14-27)46-43(45-41)34-22-21-31(40-39(34)33-17-9-10-18-36(33)47-40)30-19-20-32-35-23-28-15-7-8-16-29(28)24-38(35)48-37(32)25-30/h1-25H. The molecule has 0 amide bonds. The molecule has 224 valence electrons. The van der Waals surface area contributed by atoms with Crippen LogP contribution in [0, 0.1) is 0 Å². The normalized spacial score (nSPS) is 11.8. The zero-order valence-electron chi connectivity index (χ0n) is 25.6. The number of fused-ring (bicyclic) bond motifs is 7. The number of hydrogen-bond donors (Lipinski definition) is 0. The highest BCUT2D eigenvalue weighted by Crippen LogP contribution is 2.44. The average molecular weight is 632 g/mol. The number of thiophene rings is 1. The molecular weight excluding hydrogens is 607 g/mol. The fraction of sp³-hybridized carbons (Fsp3) is 0. The number of benzene rings is 7. The van der Waals surface area contributed by atoms with Crippen LogP contribution in [0.5, 0.6) is 0 Å². The monoisotopic (exact) mass is 631 g/mol. The summed E-state index contributed by atoms with van der Waals surface area (Å²) >= 11 is 1.84. The Kier molecular flexibility index (Phi) is 6.01. The van der Waals surface area contributed by atoms with Crippen LogP contribution < -0.4 is 0 Å². The zero-order valence-corrected chi connectivity index (χ0v) is 26.4. The molecule has 0 bridgehead atoms. The quantitative estimate of drug-likeness (QED) is 0.194. The highest BCUT2D eigenvalue weighted by Gasteiger charge is 2.21. The smallest absolute Gasteiger partial charge is 0.164 e. The van der Waals surface area contributed by atoms with E-state index < -0.39 is 0 Å². The van der Waals surface area contributed by atoms with Gasteiger partial charge in [-0.2, -0.15) is 0 Å². The van der Waals surface area contributed by atoms with Crippen molar-refractivity contribution in [3.05, 3.63) is 152 Å². The number of aromatic nitrogens is 3. The highest BCUT2D eigenvalue weighted by molar-refractivity contribution is 7.25. The summed E-state index contributed by atoms with van der Waals surface area (Å²) in [5.74, 6) is 1.87. The fourth-order valence-corrected chi connectivity index (χ4v) is 7.98. The maximum absolute atomic E-state index is 6.69. The van der Waals surface area contributed by atoms with E-state index in [4.69, 9.17) is 19.4 Å². The first-order valence-electron chi connectivity index (χ1n) is 15.9. The number of hydrogen-bond acceptors (Lipinski definition) is 5. The number of nitrogens with zero attached hydrogens (tertiary/aromatic N) is 3. The lowest BCUT2D eigenvalue weighted by atomic mass is 9.97. The van der Waals surface area contributed by atoms with E-state index in [-0.39, 0.29) is 0 Å². The molecule has 0 aliphatic carbocycles. The first kappa shape index (κ1) is 27.0. The summed E-state index contributed by atoms with van der Waals surface area (Å²) in [7, 11) is 0. The van der Waals surface area contributed by atoms with Crippen molar-refractivity contribution in [1.82, 2.24) is 15.0 Å². The van der Waals surface area contributed by atoms with Gasteiger partial charge in [-0.05, 0) is 52.7 Å². The topological polar surface area (TPSA) is 51.8 Å². The predicted molar refractivity (Wildman–Crippen MR) is 199 cm³/mol. The van der Waals surface area contributed by atoms with Gasteiger partial charge in [0, 0.05) is 53.2 Å². The van der Waals surface area contributed by atoms with Crippen molar-refractivity contribution < 1.29 is 4.42 Å². The van der Waals surface area contributed by atoms with Crippen molar-refractivity contribution in [3.8, 4) is 45.3 Å². The summed E-state index contributed by atoms with van der Waals surface area (Å²) in [4.78, 5) is 15.0. The summed E-state index contributed by atoms with van der Waals surface area (Å²) in [6, 6.07) is 52.6. The summed E-state index contributed by atoms with van der Waals surface area (Å²) in [5.41, 5.74) is 6.58. The third-order valence-electron chi connectivity index (χ3n) is 9.12. The fourth-order valence-electron chi connectivity index (χ4n) is 6.80. The molecule has 3 heterocycles. The first-order chi connectivity index (χ1) is 23.8. The molecule has 0 atom stereocenters. The van der Waals surface area contributed by atoms with Gasteiger partial charge in [0.15, 0.2) is 17.5 Å². The Bertz CT molecular complexity index is 2780. The number of rotatable bonds is 4. The molecule has 48 heavy (non-hydrogen) atoms. The van der Waals surface area contributed by atoms with Crippen LogP contribution in [0.25, 0.3) is 98.2 Å². The van der Waals surface area contributed by atoms with Crippen LogP contribution in [0.3, 0.4) is 0 Å². The Balaban J connectivity index is 1.20. The summed E-state index contributed by atoms with van der Waals surface area (Å²) in [6.07, 6.45) is 0. The molecule has 0 unspecified atom stereocenters. The van der Waals surface area contributed by atoms with E-state index in [2.05, 4.69) is 78.9 Å². The summed E-state index contributed by atoms with van der Waals surface area (Å²) < 4.78 is 9.23. The van der Waals surface area contributed by atoms with Crippen molar-refractivity contribution in [2.24, 2.45) is 0 Å². The lowest BCUT2D eigenvalue weighted by Crippen LogP contribution is -2.00. The Labute approximate surface area is 279 Å². The Morgan fingerprint density at radius 3 is 1.77 bits per heavy atom. The molecule has 0 radical (unpaired) electrons. The molecule has 10 aromatic rings. The maximum atomic E-state index is 6.69. The van der Waals surface area contributed by atoms with Gasteiger partial charge in [0.25, 0.3) is 0 Å². The van der Waals surface area contributed by atoms with Crippen LogP contribution in [0.4, 0.5) is 0 Å². The van der Waals surface area contributed by atoms with Gasteiger partial charge in [-0.25, -0.2) is 15.0 Å². The minimum absolute atomic E-state index is 0.609. The van der Waals surface area contributed by atoms with Gasteiger partial charge >= 0.3 is 0 Å². The van der Waals surface area contributed by atoms with Crippen molar-refractivity contribution >= 4 is 64.2 Å². The lowest BCUT2D eigenvalue weighted by Gasteiger charge is -2.11. The second kappa shape index (κ2) is 10.7. The van der Waals surface area contributed by atoms with Crippen LogP contribution in [-0.2, 0) is 0 Å². The Morgan fingerprint density at radius 1 is 0.417 bits per heavy atom. The molecule has 10 rings (SSSR count). The van der Waals surface area contributed by atoms with Crippen molar-refractivity contribution in [1.29, 1.82) is 0 Å². The molecule has 0 saturated carbocycles. The van der Waals surface area contributed by atoms with Gasteiger partial charge in [-0.1, -0.05) is 115 Å². The van der Waals surface area contributed by atoms with Gasteiger partial charge < -0.3 is 4.42 Å². The highest BCUT2D eigenvalue weighted by atomic mass is 32.1. The minimum atomic E-state index is 0.609. The molecular formula is C43H25N3OS. The summed E-state index contributed by atoms with van der Waals surface area (Å²) in [6.45, 7) is 0.